The summed E-state index contributed by atoms with van der Waals surface area (Å²) in [5.74, 6) is 0.699. The summed E-state index contributed by atoms with van der Waals surface area (Å²) in [6, 6.07) is 12.9. The van der Waals surface area contributed by atoms with Crippen LogP contribution < -0.4 is 9.64 Å². The first-order valence-corrected chi connectivity index (χ1v) is 7.45. The Balaban J connectivity index is 1.91. The Morgan fingerprint density at radius 2 is 2.05 bits per heavy atom. The average molecular weight is 297 g/mol. The second kappa shape index (κ2) is 5.72. The van der Waals surface area contributed by atoms with E-state index in [-0.39, 0.29) is 11.7 Å². The molecule has 0 spiro atoms. The molecule has 0 bridgehead atoms. The zero-order valence-electron chi connectivity index (χ0n) is 12.7. The Kier molecular flexibility index (Phi) is 3.75. The van der Waals surface area contributed by atoms with Crippen LogP contribution in [0.4, 0.5) is 5.69 Å². The number of amides is 1. The monoisotopic (exact) mass is 297 g/mol. The van der Waals surface area contributed by atoms with Gasteiger partial charge in [-0.05, 0) is 31.5 Å². The minimum Gasteiger partial charge on any atom is -0.508 e. The predicted octanol–water partition coefficient (Wildman–Crippen LogP) is 3.06. The first-order chi connectivity index (χ1) is 10.6. The standard InChI is InChI=1S/C18H19NO3/c1-3-19-15-11-14(20)7-8-16(15)22-17(18(19)21)10-13-6-4-5-12(2)9-13/h4-9,11,17,20H,3,10H2,1-2H3. The van der Waals surface area contributed by atoms with Crippen LogP contribution in [0.3, 0.4) is 0 Å². The molecule has 1 atom stereocenters. The molecule has 1 N–H and O–H groups in total. The summed E-state index contributed by atoms with van der Waals surface area (Å²) in [7, 11) is 0. The van der Waals surface area contributed by atoms with Gasteiger partial charge in [-0.1, -0.05) is 29.8 Å². The SMILES string of the molecule is CCN1C(=O)C(Cc2cccc(C)c2)Oc2ccc(O)cc21. The number of phenols is 1. The van der Waals surface area contributed by atoms with Gasteiger partial charge in [-0.15, -0.1) is 0 Å². The molecule has 1 unspecified atom stereocenters. The van der Waals surface area contributed by atoms with Crippen LogP contribution in [0.5, 0.6) is 11.5 Å². The summed E-state index contributed by atoms with van der Waals surface area (Å²) in [6.45, 7) is 4.49. The summed E-state index contributed by atoms with van der Waals surface area (Å²) in [6.07, 6.45) is 0.0101. The number of carbonyl (C=O) groups is 1. The van der Waals surface area contributed by atoms with Crippen LogP contribution in [0.25, 0.3) is 0 Å². The van der Waals surface area contributed by atoms with Crippen molar-refractivity contribution in [3.63, 3.8) is 0 Å². The summed E-state index contributed by atoms with van der Waals surface area (Å²) < 4.78 is 5.87. The highest BCUT2D eigenvalue weighted by Gasteiger charge is 2.33. The van der Waals surface area contributed by atoms with Crippen molar-refractivity contribution in [2.75, 3.05) is 11.4 Å². The average Bonchev–Trinajstić information content (AvgIpc) is 2.49. The van der Waals surface area contributed by atoms with Gasteiger partial charge < -0.3 is 14.7 Å². The third-order valence-electron chi connectivity index (χ3n) is 3.86. The van der Waals surface area contributed by atoms with Crippen molar-refractivity contribution < 1.29 is 14.6 Å². The zero-order valence-corrected chi connectivity index (χ0v) is 12.7. The Morgan fingerprint density at radius 1 is 1.23 bits per heavy atom. The Hall–Kier alpha value is -2.49. The fourth-order valence-electron chi connectivity index (χ4n) is 2.82. The molecule has 114 valence electrons. The van der Waals surface area contributed by atoms with Crippen molar-refractivity contribution in [2.45, 2.75) is 26.4 Å². The lowest BCUT2D eigenvalue weighted by Crippen LogP contribution is -2.46. The van der Waals surface area contributed by atoms with E-state index in [1.54, 1.807) is 23.1 Å². The molecule has 0 fully saturated rings. The van der Waals surface area contributed by atoms with Crippen LogP contribution in [0.2, 0.25) is 0 Å². The summed E-state index contributed by atoms with van der Waals surface area (Å²) in [5.41, 5.74) is 2.88. The van der Waals surface area contributed by atoms with E-state index in [1.807, 2.05) is 32.0 Å². The molecular formula is C18H19NO3. The number of carbonyl (C=O) groups excluding carboxylic acids is 1. The van der Waals surface area contributed by atoms with E-state index in [0.29, 0.717) is 24.4 Å². The van der Waals surface area contributed by atoms with Crippen LogP contribution in [-0.2, 0) is 11.2 Å². The summed E-state index contributed by atoms with van der Waals surface area (Å²) in [4.78, 5) is 14.3. The van der Waals surface area contributed by atoms with Crippen molar-refractivity contribution in [1.82, 2.24) is 0 Å². The molecule has 0 saturated carbocycles. The van der Waals surface area contributed by atoms with Gasteiger partial charge in [0.05, 0.1) is 5.69 Å². The van der Waals surface area contributed by atoms with E-state index in [1.165, 1.54) is 5.56 Å². The van der Waals surface area contributed by atoms with E-state index in [0.717, 1.165) is 5.56 Å². The fourth-order valence-corrected chi connectivity index (χ4v) is 2.82. The first kappa shape index (κ1) is 14.4. The number of aryl methyl sites for hydroxylation is 1. The molecule has 4 heteroatoms. The number of nitrogens with zero attached hydrogens (tertiary/aromatic N) is 1. The maximum atomic E-state index is 12.6. The van der Waals surface area contributed by atoms with Crippen molar-refractivity contribution in [1.29, 1.82) is 0 Å². The minimum absolute atomic E-state index is 0.0675. The molecule has 0 radical (unpaired) electrons. The molecule has 0 aromatic heterocycles. The molecule has 0 aliphatic carbocycles. The topological polar surface area (TPSA) is 49.8 Å². The Morgan fingerprint density at radius 3 is 2.77 bits per heavy atom. The van der Waals surface area contributed by atoms with E-state index in [4.69, 9.17) is 4.74 Å². The van der Waals surface area contributed by atoms with Crippen molar-refractivity contribution in [3.8, 4) is 11.5 Å². The van der Waals surface area contributed by atoms with Crippen LogP contribution in [-0.4, -0.2) is 23.7 Å². The maximum absolute atomic E-state index is 12.6. The maximum Gasteiger partial charge on any atom is 0.268 e. The summed E-state index contributed by atoms with van der Waals surface area (Å²) in [5, 5.41) is 9.63. The second-order valence-corrected chi connectivity index (χ2v) is 5.53. The molecule has 22 heavy (non-hydrogen) atoms. The number of phenolic OH excluding ortho intramolecular Hbond substituents is 1. The van der Waals surface area contributed by atoms with Gasteiger partial charge in [0.15, 0.2) is 6.10 Å². The lowest BCUT2D eigenvalue weighted by atomic mass is 10.0. The molecule has 2 aromatic rings. The lowest BCUT2D eigenvalue weighted by molar-refractivity contribution is -0.126. The largest absolute Gasteiger partial charge is 0.508 e. The van der Waals surface area contributed by atoms with Gasteiger partial charge in [0.25, 0.3) is 5.91 Å². The van der Waals surface area contributed by atoms with Gasteiger partial charge in [-0.2, -0.15) is 0 Å². The molecule has 1 aliphatic heterocycles. The van der Waals surface area contributed by atoms with Crippen LogP contribution >= 0.6 is 0 Å². The molecule has 2 aromatic carbocycles. The second-order valence-electron chi connectivity index (χ2n) is 5.53. The van der Waals surface area contributed by atoms with Gasteiger partial charge in [0.1, 0.15) is 11.5 Å². The first-order valence-electron chi connectivity index (χ1n) is 7.45. The third kappa shape index (κ3) is 2.64. The number of aromatic hydroxyl groups is 1. The quantitative estimate of drug-likeness (QED) is 0.947. The van der Waals surface area contributed by atoms with Gasteiger partial charge in [0.2, 0.25) is 0 Å². The van der Waals surface area contributed by atoms with Crippen molar-refractivity contribution in [2.24, 2.45) is 0 Å². The van der Waals surface area contributed by atoms with Gasteiger partial charge in [-0.25, -0.2) is 0 Å². The smallest absolute Gasteiger partial charge is 0.268 e. The predicted molar refractivity (Wildman–Crippen MR) is 85.4 cm³/mol. The highest BCUT2D eigenvalue weighted by molar-refractivity contribution is 6.00. The molecular weight excluding hydrogens is 278 g/mol. The number of anilines is 1. The number of benzene rings is 2. The van der Waals surface area contributed by atoms with Gasteiger partial charge in [0, 0.05) is 19.0 Å². The molecule has 0 saturated heterocycles. The van der Waals surface area contributed by atoms with Crippen LogP contribution in [0.1, 0.15) is 18.1 Å². The van der Waals surface area contributed by atoms with Crippen molar-refractivity contribution >= 4 is 11.6 Å². The number of rotatable bonds is 3. The molecule has 4 nitrogen and oxygen atoms in total. The van der Waals surface area contributed by atoms with E-state index in [9.17, 15) is 9.90 Å². The molecule has 3 rings (SSSR count). The highest BCUT2D eigenvalue weighted by atomic mass is 16.5. The van der Waals surface area contributed by atoms with E-state index in [2.05, 4.69) is 6.07 Å². The van der Waals surface area contributed by atoms with Gasteiger partial charge in [-0.3, -0.25) is 4.79 Å². The lowest BCUT2D eigenvalue weighted by Gasteiger charge is -2.34. The van der Waals surface area contributed by atoms with E-state index >= 15 is 0 Å². The van der Waals surface area contributed by atoms with Gasteiger partial charge >= 0.3 is 0 Å². The summed E-state index contributed by atoms with van der Waals surface area (Å²) >= 11 is 0. The zero-order chi connectivity index (χ0) is 15.7. The third-order valence-corrected chi connectivity index (χ3v) is 3.86. The molecule has 1 heterocycles. The Bertz CT molecular complexity index is 711. The van der Waals surface area contributed by atoms with E-state index < -0.39 is 6.10 Å². The minimum atomic E-state index is -0.529. The van der Waals surface area contributed by atoms with Crippen LogP contribution in [0, 0.1) is 6.92 Å². The molecule has 1 amide bonds. The number of ether oxygens (including phenoxy) is 1. The number of fused-ring (bicyclic) bond motifs is 1. The van der Waals surface area contributed by atoms with Crippen molar-refractivity contribution in [3.05, 3.63) is 53.6 Å². The fraction of sp³-hybridized carbons (Fsp3) is 0.278. The molecule has 1 aliphatic rings. The van der Waals surface area contributed by atoms with Crippen LogP contribution in [0.15, 0.2) is 42.5 Å². The Labute approximate surface area is 130 Å². The normalized spacial score (nSPS) is 17.1. The highest BCUT2D eigenvalue weighted by Crippen LogP contribution is 2.37. The number of likely N-dealkylation sites (N-methyl/N-ethyl adjacent to an activating group) is 1. The number of hydrogen-bond acceptors (Lipinski definition) is 3. The number of hydrogen-bond donors (Lipinski definition) is 1.